The summed E-state index contributed by atoms with van der Waals surface area (Å²) in [7, 11) is 0. The zero-order chi connectivity index (χ0) is 18.9. The third kappa shape index (κ3) is 2.14. The zero-order valence-electron chi connectivity index (χ0n) is 15.7. The predicted octanol–water partition coefficient (Wildman–Crippen LogP) is 1.78. The van der Waals surface area contributed by atoms with Crippen molar-refractivity contribution in [2.24, 2.45) is 28.6 Å². The molecule has 0 spiro atoms. The normalized spacial score (nSPS) is 49.1. The highest BCUT2D eigenvalue weighted by Gasteiger charge is 2.68. The van der Waals surface area contributed by atoms with Gasteiger partial charge in [-0.2, -0.15) is 0 Å². The van der Waals surface area contributed by atoms with Gasteiger partial charge in [-0.1, -0.05) is 19.4 Å². The first kappa shape index (κ1) is 18.3. The van der Waals surface area contributed by atoms with Crippen LogP contribution in [-0.2, 0) is 9.59 Å². The molecule has 0 aromatic heterocycles. The molecule has 0 bridgehead atoms. The van der Waals surface area contributed by atoms with Crippen LogP contribution in [0.3, 0.4) is 0 Å². The number of Topliss-reactive ketones (excluding diaryl/α,β-unsaturated/α-hetero) is 1. The van der Waals surface area contributed by atoms with Crippen molar-refractivity contribution >= 4 is 11.6 Å². The van der Waals surface area contributed by atoms with Gasteiger partial charge in [-0.15, -0.1) is 0 Å². The van der Waals surface area contributed by atoms with Crippen LogP contribution in [-0.4, -0.2) is 45.2 Å². The van der Waals surface area contributed by atoms with E-state index in [2.05, 4.69) is 6.92 Å². The second-order valence-corrected chi connectivity index (χ2v) is 9.56. The number of carbonyl (C=O) groups excluding carboxylic acids is 2. The van der Waals surface area contributed by atoms with E-state index in [0.717, 1.165) is 31.3 Å². The van der Waals surface area contributed by atoms with E-state index in [0.29, 0.717) is 12.8 Å². The molecule has 0 heterocycles. The van der Waals surface area contributed by atoms with Crippen LogP contribution in [0.15, 0.2) is 11.6 Å². The molecule has 0 amide bonds. The van der Waals surface area contributed by atoms with E-state index in [4.69, 9.17) is 0 Å². The van der Waals surface area contributed by atoms with Gasteiger partial charge in [0, 0.05) is 24.2 Å². The molecule has 4 rings (SSSR count). The van der Waals surface area contributed by atoms with E-state index in [1.54, 1.807) is 6.08 Å². The Labute approximate surface area is 154 Å². The lowest BCUT2D eigenvalue weighted by atomic mass is 9.45. The summed E-state index contributed by atoms with van der Waals surface area (Å²) in [6.45, 7) is 3.58. The molecule has 4 aliphatic rings. The molecule has 7 atom stereocenters. The molecule has 5 nitrogen and oxygen atoms in total. The van der Waals surface area contributed by atoms with Gasteiger partial charge >= 0.3 is 0 Å². The molecule has 0 aromatic carbocycles. The fourth-order valence-electron chi connectivity index (χ4n) is 7.12. The number of allylic oxidation sites excluding steroid dienone is 1. The second-order valence-electron chi connectivity index (χ2n) is 9.56. The standard InChI is InChI=1S/C21H30O5/c1-19-7-5-13(23)9-12(19)3-4-14-15-6-8-21(26,17(25)11-22)20(15,2)10-16(24)18(14)19/h9,14-15,17-18,22,25-26H,3-8,10-11H2,1-2H3/t14-,15-,17?,18+,19-,20-,21-/m0/s1. The number of hydrogen-bond donors (Lipinski definition) is 3. The molecule has 3 saturated carbocycles. The van der Waals surface area contributed by atoms with Crippen LogP contribution in [0.1, 0.15) is 58.8 Å². The van der Waals surface area contributed by atoms with Gasteiger partial charge in [-0.25, -0.2) is 0 Å². The third-order valence-corrected chi connectivity index (χ3v) is 8.59. The van der Waals surface area contributed by atoms with Gasteiger partial charge < -0.3 is 15.3 Å². The Morgan fingerprint density at radius 2 is 1.92 bits per heavy atom. The largest absolute Gasteiger partial charge is 0.394 e. The van der Waals surface area contributed by atoms with Crippen LogP contribution in [0, 0.1) is 28.6 Å². The topological polar surface area (TPSA) is 94.8 Å². The summed E-state index contributed by atoms with van der Waals surface area (Å²) in [6, 6.07) is 0. The summed E-state index contributed by atoms with van der Waals surface area (Å²) in [6.07, 6.45) is 4.93. The first-order valence-corrected chi connectivity index (χ1v) is 9.95. The molecule has 0 saturated heterocycles. The predicted molar refractivity (Wildman–Crippen MR) is 95.1 cm³/mol. The molecule has 1 unspecified atom stereocenters. The fraction of sp³-hybridized carbons (Fsp3) is 0.810. The number of aliphatic hydroxyl groups is 3. The zero-order valence-corrected chi connectivity index (χ0v) is 15.7. The highest BCUT2D eigenvalue weighted by molar-refractivity contribution is 5.93. The van der Waals surface area contributed by atoms with E-state index < -0.39 is 23.7 Å². The molecule has 0 aromatic rings. The van der Waals surface area contributed by atoms with Crippen LogP contribution in [0.4, 0.5) is 0 Å². The van der Waals surface area contributed by atoms with Gasteiger partial charge in [-0.05, 0) is 55.4 Å². The summed E-state index contributed by atoms with van der Waals surface area (Å²) in [4.78, 5) is 25.2. The summed E-state index contributed by atoms with van der Waals surface area (Å²) in [5.41, 5.74) is -1.22. The molecular formula is C21H30O5. The van der Waals surface area contributed by atoms with Crippen molar-refractivity contribution in [3.63, 3.8) is 0 Å². The minimum atomic E-state index is -1.41. The van der Waals surface area contributed by atoms with Gasteiger partial charge in [0.1, 0.15) is 11.9 Å². The Bertz CT molecular complexity index is 684. The maximum absolute atomic E-state index is 13.3. The van der Waals surface area contributed by atoms with E-state index in [1.807, 2.05) is 6.92 Å². The van der Waals surface area contributed by atoms with Crippen molar-refractivity contribution in [2.45, 2.75) is 70.5 Å². The second kappa shape index (κ2) is 5.73. The minimum Gasteiger partial charge on any atom is -0.394 e. The number of fused-ring (bicyclic) bond motifs is 5. The average Bonchev–Trinajstić information content (AvgIpc) is 2.86. The Balaban J connectivity index is 1.74. The van der Waals surface area contributed by atoms with Crippen LogP contribution in [0.2, 0.25) is 0 Å². The Kier molecular flexibility index (Phi) is 4.04. The quantitative estimate of drug-likeness (QED) is 0.696. The Morgan fingerprint density at radius 1 is 1.19 bits per heavy atom. The lowest BCUT2D eigenvalue weighted by Crippen LogP contribution is -2.62. The molecule has 4 aliphatic carbocycles. The van der Waals surface area contributed by atoms with Crippen molar-refractivity contribution in [1.29, 1.82) is 0 Å². The van der Waals surface area contributed by atoms with Crippen molar-refractivity contribution < 1.29 is 24.9 Å². The molecule has 3 N–H and O–H groups in total. The lowest BCUT2D eigenvalue weighted by Gasteiger charge is -2.58. The van der Waals surface area contributed by atoms with E-state index in [1.165, 1.54) is 0 Å². The van der Waals surface area contributed by atoms with Crippen molar-refractivity contribution in [2.75, 3.05) is 6.61 Å². The number of ketones is 2. The van der Waals surface area contributed by atoms with Crippen LogP contribution in [0.5, 0.6) is 0 Å². The van der Waals surface area contributed by atoms with Gasteiger partial charge in [0.25, 0.3) is 0 Å². The highest BCUT2D eigenvalue weighted by Crippen LogP contribution is 2.66. The number of aliphatic hydroxyl groups excluding tert-OH is 2. The molecule has 0 radical (unpaired) electrons. The van der Waals surface area contributed by atoms with Crippen molar-refractivity contribution in [1.82, 2.24) is 0 Å². The Morgan fingerprint density at radius 3 is 2.62 bits per heavy atom. The Hall–Kier alpha value is -1.04. The van der Waals surface area contributed by atoms with Crippen molar-refractivity contribution in [3.8, 4) is 0 Å². The maximum Gasteiger partial charge on any atom is 0.155 e. The molecule has 144 valence electrons. The average molecular weight is 362 g/mol. The molecule has 26 heavy (non-hydrogen) atoms. The summed E-state index contributed by atoms with van der Waals surface area (Å²) in [5, 5.41) is 31.0. The van der Waals surface area contributed by atoms with Gasteiger partial charge in [-0.3, -0.25) is 9.59 Å². The van der Waals surface area contributed by atoms with Gasteiger partial charge in [0.15, 0.2) is 5.78 Å². The summed E-state index contributed by atoms with van der Waals surface area (Å²) < 4.78 is 0. The summed E-state index contributed by atoms with van der Waals surface area (Å²) in [5.74, 6) is 0.568. The molecular weight excluding hydrogens is 332 g/mol. The van der Waals surface area contributed by atoms with Gasteiger partial charge in [0.2, 0.25) is 0 Å². The number of hydrogen-bond acceptors (Lipinski definition) is 5. The maximum atomic E-state index is 13.3. The van der Waals surface area contributed by atoms with E-state index in [9.17, 15) is 24.9 Å². The SMILES string of the molecule is C[C@]12CCC(=O)C=C1CC[C@@H]1[C@@H]2C(=O)C[C@@]2(C)[C@H]1CC[C@]2(O)C(O)CO. The van der Waals surface area contributed by atoms with Crippen LogP contribution in [0.25, 0.3) is 0 Å². The number of rotatable bonds is 2. The molecule has 0 aliphatic heterocycles. The summed E-state index contributed by atoms with van der Waals surface area (Å²) >= 11 is 0. The minimum absolute atomic E-state index is 0.0951. The van der Waals surface area contributed by atoms with Crippen molar-refractivity contribution in [3.05, 3.63) is 11.6 Å². The van der Waals surface area contributed by atoms with E-state index in [-0.39, 0.29) is 41.2 Å². The first-order chi connectivity index (χ1) is 12.2. The monoisotopic (exact) mass is 362 g/mol. The lowest BCUT2D eigenvalue weighted by molar-refractivity contribution is -0.187. The smallest absolute Gasteiger partial charge is 0.155 e. The van der Waals surface area contributed by atoms with E-state index >= 15 is 0 Å². The first-order valence-electron chi connectivity index (χ1n) is 9.95. The highest BCUT2D eigenvalue weighted by atomic mass is 16.4. The molecule has 5 heteroatoms. The molecule has 3 fully saturated rings. The van der Waals surface area contributed by atoms with Crippen LogP contribution >= 0.6 is 0 Å². The van der Waals surface area contributed by atoms with Gasteiger partial charge in [0.05, 0.1) is 12.2 Å². The number of carbonyl (C=O) groups is 2. The fourth-order valence-corrected chi connectivity index (χ4v) is 7.12. The third-order valence-electron chi connectivity index (χ3n) is 8.59. The van der Waals surface area contributed by atoms with Crippen LogP contribution < -0.4 is 0 Å².